The maximum absolute atomic E-state index is 15.1. The molecule has 0 spiro atoms. The van der Waals surface area contributed by atoms with Gasteiger partial charge in [0.15, 0.2) is 0 Å². The first kappa shape index (κ1) is 24.2. The van der Waals surface area contributed by atoms with E-state index in [2.05, 4.69) is 15.6 Å². The summed E-state index contributed by atoms with van der Waals surface area (Å²) in [6.07, 6.45) is 0.798. The molecule has 2 saturated heterocycles. The molecule has 2 aliphatic rings. The summed E-state index contributed by atoms with van der Waals surface area (Å²) in [5, 5.41) is 10.1. The van der Waals surface area contributed by atoms with Gasteiger partial charge >= 0.3 is 12.2 Å². The molecule has 1 N–H and O–H groups in total. The van der Waals surface area contributed by atoms with Crippen LogP contribution < -0.4 is 15.1 Å². The maximum atomic E-state index is 15.1. The van der Waals surface area contributed by atoms with Crippen molar-refractivity contribution in [1.82, 2.24) is 20.3 Å². The van der Waals surface area contributed by atoms with Crippen LogP contribution in [-0.4, -0.2) is 64.9 Å². The molecule has 0 bridgehead atoms. The molecule has 2 aromatic carbocycles. The van der Waals surface area contributed by atoms with Crippen LogP contribution in [0.4, 0.5) is 29.7 Å². The number of cyclic esters (lactones) is 2. The molecule has 3 amide bonds. The first-order chi connectivity index (χ1) is 17.8. The molecule has 0 saturated carbocycles. The smallest absolute Gasteiger partial charge is 0.414 e. The standard InChI is InChI=1S/C24H22F2N6O5/c1-14(33)27-10-17-12-31(23(34)36-17)15-2-4-19(21(25)8-15)20-5-3-16(9-22(20)26)32-13-18(37-24(32)35)11-30-7-6-28-29-30/h2-9,17-18H,10-13H2,1H3,(H,27,33)/t17-,18-/m0/s1. The van der Waals surface area contributed by atoms with Gasteiger partial charge in [-0.25, -0.2) is 23.1 Å². The molecule has 11 nitrogen and oxygen atoms in total. The van der Waals surface area contributed by atoms with Crippen molar-refractivity contribution >= 4 is 29.5 Å². The first-order valence-corrected chi connectivity index (χ1v) is 11.4. The summed E-state index contributed by atoms with van der Waals surface area (Å²) in [6.45, 7) is 2.11. The summed E-state index contributed by atoms with van der Waals surface area (Å²) in [5.41, 5.74) is 0.497. The molecule has 1 aromatic heterocycles. The monoisotopic (exact) mass is 512 g/mol. The van der Waals surface area contributed by atoms with Crippen LogP contribution in [0.15, 0.2) is 48.8 Å². The number of nitrogens with one attached hydrogen (secondary N) is 1. The van der Waals surface area contributed by atoms with Crippen molar-refractivity contribution in [3.63, 3.8) is 0 Å². The minimum absolute atomic E-state index is 0.00735. The second-order valence-corrected chi connectivity index (χ2v) is 8.62. The van der Waals surface area contributed by atoms with E-state index in [1.807, 2.05) is 0 Å². The number of hydrogen-bond donors (Lipinski definition) is 1. The highest BCUT2D eigenvalue weighted by atomic mass is 19.1. The lowest BCUT2D eigenvalue weighted by Crippen LogP contribution is -2.33. The van der Waals surface area contributed by atoms with Gasteiger partial charge in [-0.2, -0.15) is 0 Å². The van der Waals surface area contributed by atoms with Gasteiger partial charge in [-0.1, -0.05) is 5.21 Å². The molecule has 5 rings (SSSR count). The summed E-state index contributed by atoms with van der Waals surface area (Å²) in [4.78, 5) is 38.2. The van der Waals surface area contributed by atoms with E-state index < -0.39 is 36.0 Å². The third-order valence-electron chi connectivity index (χ3n) is 6.01. The third-order valence-corrected chi connectivity index (χ3v) is 6.01. The molecular formula is C24H22F2N6O5. The molecule has 192 valence electrons. The lowest BCUT2D eigenvalue weighted by Gasteiger charge is -2.16. The molecular weight excluding hydrogens is 490 g/mol. The van der Waals surface area contributed by atoms with Crippen LogP contribution in [0.2, 0.25) is 0 Å². The summed E-state index contributed by atoms with van der Waals surface area (Å²) in [6, 6.07) is 8.02. The molecule has 13 heteroatoms. The quantitative estimate of drug-likeness (QED) is 0.517. The number of carbonyl (C=O) groups is 3. The lowest BCUT2D eigenvalue weighted by molar-refractivity contribution is -0.119. The molecule has 3 heterocycles. The van der Waals surface area contributed by atoms with Gasteiger partial charge in [0.1, 0.15) is 23.8 Å². The SMILES string of the molecule is CC(=O)NC[C@H]1CN(c2ccc(-c3ccc(N4C[C@H](Cn5ccnn5)OC4=O)cc3F)c(F)c2)C(=O)O1. The van der Waals surface area contributed by atoms with Crippen molar-refractivity contribution in [1.29, 1.82) is 0 Å². The van der Waals surface area contributed by atoms with E-state index in [0.29, 0.717) is 6.54 Å². The van der Waals surface area contributed by atoms with Gasteiger partial charge in [0.25, 0.3) is 0 Å². The number of carbonyl (C=O) groups excluding carboxylic acids is 3. The predicted molar refractivity (Wildman–Crippen MR) is 126 cm³/mol. The van der Waals surface area contributed by atoms with Gasteiger partial charge in [0, 0.05) is 24.2 Å². The Balaban J connectivity index is 1.29. The summed E-state index contributed by atoms with van der Waals surface area (Å²) < 4.78 is 42.2. The maximum Gasteiger partial charge on any atom is 0.414 e. The van der Waals surface area contributed by atoms with Gasteiger partial charge in [-0.05, 0) is 36.4 Å². The van der Waals surface area contributed by atoms with Gasteiger partial charge < -0.3 is 14.8 Å². The number of halogens is 2. The van der Waals surface area contributed by atoms with Crippen molar-refractivity contribution in [3.05, 3.63) is 60.4 Å². The Morgan fingerprint density at radius 2 is 1.54 bits per heavy atom. The average Bonchev–Trinajstić information content (AvgIpc) is 3.59. The molecule has 2 aliphatic heterocycles. The van der Waals surface area contributed by atoms with Crippen LogP contribution in [0, 0.1) is 11.6 Å². The second-order valence-electron chi connectivity index (χ2n) is 8.62. The Morgan fingerprint density at radius 3 is 2.05 bits per heavy atom. The molecule has 3 aromatic rings. The van der Waals surface area contributed by atoms with Crippen LogP contribution in [0.1, 0.15) is 6.92 Å². The first-order valence-electron chi connectivity index (χ1n) is 11.4. The Hall–Kier alpha value is -4.55. The van der Waals surface area contributed by atoms with Crippen molar-refractivity contribution in [3.8, 4) is 11.1 Å². The number of ether oxygens (including phenoxy) is 2. The molecule has 37 heavy (non-hydrogen) atoms. The highest BCUT2D eigenvalue weighted by molar-refractivity contribution is 5.91. The third kappa shape index (κ3) is 5.06. The fourth-order valence-electron chi connectivity index (χ4n) is 4.24. The zero-order valence-corrected chi connectivity index (χ0v) is 19.6. The number of benzene rings is 2. The minimum Gasteiger partial charge on any atom is -0.442 e. The molecule has 0 aliphatic carbocycles. The van der Waals surface area contributed by atoms with E-state index in [-0.39, 0.29) is 48.0 Å². The lowest BCUT2D eigenvalue weighted by atomic mass is 10.0. The van der Waals surface area contributed by atoms with Crippen molar-refractivity contribution < 1.29 is 32.6 Å². The summed E-state index contributed by atoms with van der Waals surface area (Å²) in [7, 11) is 0. The largest absolute Gasteiger partial charge is 0.442 e. The van der Waals surface area contributed by atoms with Crippen LogP contribution in [0.25, 0.3) is 11.1 Å². The second kappa shape index (κ2) is 9.84. The van der Waals surface area contributed by atoms with E-state index >= 15 is 8.78 Å². The molecule has 0 unspecified atom stereocenters. The van der Waals surface area contributed by atoms with Gasteiger partial charge in [0.05, 0.1) is 43.8 Å². The Morgan fingerprint density at radius 1 is 0.973 bits per heavy atom. The number of rotatable bonds is 7. The van der Waals surface area contributed by atoms with E-state index in [4.69, 9.17) is 9.47 Å². The molecule has 2 atom stereocenters. The fourth-order valence-corrected chi connectivity index (χ4v) is 4.24. The fraction of sp³-hybridized carbons (Fsp3) is 0.292. The number of aromatic nitrogens is 3. The van der Waals surface area contributed by atoms with E-state index in [1.165, 1.54) is 51.9 Å². The van der Waals surface area contributed by atoms with Crippen LogP contribution in [-0.2, 0) is 20.8 Å². The topological polar surface area (TPSA) is 119 Å². The molecule has 0 radical (unpaired) electrons. The van der Waals surface area contributed by atoms with Gasteiger partial charge in [-0.15, -0.1) is 5.10 Å². The number of anilines is 2. The van der Waals surface area contributed by atoms with Gasteiger partial charge in [0.2, 0.25) is 5.91 Å². The van der Waals surface area contributed by atoms with E-state index in [9.17, 15) is 14.4 Å². The highest BCUT2D eigenvalue weighted by Crippen LogP contribution is 2.33. The number of amides is 3. The summed E-state index contributed by atoms with van der Waals surface area (Å²) >= 11 is 0. The highest BCUT2D eigenvalue weighted by Gasteiger charge is 2.34. The van der Waals surface area contributed by atoms with Crippen LogP contribution in [0.5, 0.6) is 0 Å². The van der Waals surface area contributed by atoms with E-state index in [1.54, 1.807) is 6.20 Å². The molecule has 2 fully saturated rings. The Labute approximate surface area is 209 Å². The van der Waals surface area contributed by atoms with Gasteiger partial charge in [-0.3, -0.25) is 14.6 Å². The van der Waals surface area contributed by atoms with Crippen molar-refractivity contribution in [2.24, 2.45) is 0 Å². The Kier molecular flexibility index (Phi) is 6.42. The zero-order chi connectivity index (χ0) is 26.1. The van der Waals surface area contributed by atoms with Crippen LogP contribution in [0.3, 0.4) is 0 Å². The van der Waals surface area contributed by atoms with Crippen molar-refractivity contribution in [2.75, 3.05) is 29.4 Å². The Bertz CT molecular complexity index is 1350. The minimum atomic E-state index is -0.740. The van der Waals surface area contributed by atoms with E-state index in [0.717, 1.165) is 12.1 Å². The number of nitrogens with zero attached hydrogens (tertiary/aromatic N) is 5. The summed E-state index contributed by atoms with van der Waals surface area (Å²) in [5.74, 6) is -1.73. The van der Waals surface area contributed by atoms with Crippen LogP contribution >= 0.6 is 0 Å². The predicted octanol–water partition coefficient (Wildman–Crippen LogP) is 2.71. The van der Waals surface area contributed by atoms with Crippen molar-refractivity contribution in [2.45, 2.75) is 25.7 Å². The average molecular weight is 512 g/mol. The zero-order valence-electron chi connectivity index (χ0n) is 19.6. The normalized spacial score (nSPS) is 19.2. The number of hydrogen-bond acceptors (Lipinski definition) is 7.